The molecule has 0 fully saturated rings. The van der Waals surface area contributed by atoms with Gasteiger partial charge in [-0.05, 0) is 25.9 Å². The van der Waals surface area contributed by atoms with Crippen molar-refractivity contribution in [1.82, 2.24) is 10.3 Å². The number of unbranched alkanes of at least 4 members (excludes halogenated alkanes) is 2. The van der Waals surface area contributed by atoms with Crippen LogP contribution in [0.2, 0.25) is 0 Å². The lowest BCUT2D eigenvalue weighted by atomic mass is 10.2. The van der Waals surface area contributed by atoms with Crippen LogP contribution in [0.15, 0.2) is 0 Å². The summed E-state index contributed by atoms with van der Waals surface area (Å²) >= 11 is 0. The molecule has 0 saturated carbocycles. The van der Waals surface area contributed by atoms with Crippen molar-refractivity contribution >= 4 is 11.8 Å². The first-order valence-corrected chi connectivity index (χ1v) is 5.60. The second-order valence-electron chi connectivity index (χ2n) is 3.71. The van der Waals surface area contributed by atoms with E-state index in [-0.39, 0.29) is 11.8 Å². The highest BCUT2D eigenvalue weighted by molar-refractivity contribution is 5.76. The Morgan fingerprint density at radius 2 is 1.94 bits per heavy atom. The molecule has 0 bridgehead atoms. The largest absolute Gasteiger partial charge is 0.369 e. The van der Waals surface area contributed by atoms with Crippen molar-refractivity contribution in [3.63, 3.8) is 0 Å². The molecular weight excluding hydrogens is 208 g/mol. The van der Waals surface area contributed by atoms with Gasteiger partial charge in [0.2, 0.25) is 11.8 Å². The van der Waals surface area contributed by atoms with Gasteiger partial charge >= 0.3 is 0 Å². The number of hydrogen-bond donors (Lipinski definition) is 3. The number of nitrogens with one attached hydrogen (secondary N) is 1. The van der Waals surface area contributed by atoms with Gasteiger partial charge in [0, 0.05) is 6.42 Å². The summed E-state index contributed by atoms with van der Waals surface area (Å²) in [6.45, 7) is 3.94. The van der Waals surface area contributed by atoms with Crippen molar-refractivity contribution in [1.29, 1.82) is 0 Å². The summed E-state index contributed by atoms with van der Waals surface area (Å²) in [5, 5.41) is 0. The molecule has 0 aliphatic heterocycles. The molecule has 0 saturated heterocycles. The fraction of sp³-hybridized carbons (Fsp3) is 0.800. The van der Waals surface area contributed by atoms with E-state index in [9.17, 15) is 9.59 Å². The van der Waals surface area contributed by atoms with E-state index in [1.54, 1.807) is 0 Å². The molecule has 6 heteroatoms. The molecule has 0 aromatic heterocycles. The molecule has 0 atom stereocenters. The SMILES string of the molecule is CCN(CCCCCC(=O)NN)CC(N)=O. The Labute approximate surface area is 96.3 Å². The standard InChI is InChI=1S/C10H22N4O2/c1-2-14(8-9(11)15)7-5-3-4-6-10(16)13-12/h2-8,12H2,1H3,(H2,11,15)(H,13,16). The van der Waals surface area contributed by atoms with E-state index in [2.05, 4.69) is 5.43 Å². The third-order valence-electron chi connectivity index (χ3n) is 2.37. The Hall–Kier alpha value is -1.14. The molecule has 0 aliphatic rings. The van der Waals surface area contributed by atoms with E-state index in [4.69, 9.17) is 11.6 Å². The molecule has 0 aliphatic carbocycles. The maximum Gasteiger partial charge on any atom is 0.233 e. The predicted octanol–water partition coefficient (Wildman–Crippen LogP) is -0.656. The van der Waals surface area contributed by atoms with Crippen LogP contribution in [0.25, 0.3) is 0 Å². The second kappa shape index (κ2) is 9.11. The van der Waals surface area contributed by atoms with E-state index >= 15 is 0 Å². The summed E-state index contributed by atoms with van der Waals surface area (Å²) in [7, 11) is 0. The topological polar surface area (TPSA) is 101 Å². The Morgan fingerprint density at radius 1 is 1.25 bits per heavy atom. The van der Waals surface area contributed by atoms with Crippen LogP contribution in [0.1, 0.15) is 32.6 Å². The molecule has 0 spiro atoms. The molecule has 0 unspecified atom stereocenters. The number of carbonyl (C=O) groups is 2. The fourth-order valence-corrected chi connectivity index (χ4v) is 1.44. The number of hydrazine groups is 1. The predicted molar refractivity (Wildman–Crippen MR) is 62.1 cm³/mol. The van der Waals surface area contributed by atoms with Crippen LogP contribution in [0.5, 0.6) is 0 Å². The summed E-state index contributed by atoms with van der Waals surface area (Å²) in [5.74, 6) is 4.52. The Balaban J connectivity index is 3.48. The number of primary amides is 1. The van der Waals surface area contributed by atoms with Crippen molar-refractivity contribution in [2.75, 3.05) is 19.6 Å². The van der Waals surface area contributed by atoms with Crippen molar-refractivity contribution in [2.24, 2.45) is 11.6 Å². The number of amides is 2. The third kappa shape index (κ3) is 8.19. The maximum absolute atomic E-state index is 10.8. The fourth-order valence-electron chi connectivity index (χ4n) is 1.44. The van der Waals surface area contributed by atoms with Crippen LogP contribution in [0.3, 0.4) is 0 Å². The van der Waals surface area contributed by atoms with Gasteiger partial charge in [-0.1, -0.05) is 13.3 Å². The highest BCUT2D eigenvalue weighted by Gasteiger charge is 2.05. The molecule has 0 rings (SSSR count). The maximum atomic E-state index is 10.8. The first kappa shape index (κ1) is 14.9. The average molecular weight is 230 g/mol. The molecule has 16 heavy (non-hydrogen) atoms. The number of nitrogens with two attached hydrogens (primary N) is 2. The number of carbonyl (C=O) groups excluding carboxylic acids is 2. The molecule has 0 aromatic carbocycles. The number of likely N-dealkylation sites (N-methyl/N-ethyl adjacent to an activating group) is 1. The van der Waals surface area contributed by atoms with Crippen molar-refractivity contribution in [2.45, 2.75) is 32.6 Å². The first-order valence-electron chi connectivity index (χ1n) is 5.60. The van der Waals surface area contributed by atoms with Gasteiger partial charge in [0.15, 0.2) is 0 Å². The summed E-state index contributed by atoms with van der Waals surface area (Å²) in [6, 6.07) is 0. The van der Waals surface area contributed by atoms with Gasteiger partial charge in [-0.3, -0.25) is 19.9 Å². The van der Waals surface area contributed by atoms with Crippen molar-refractivity contribution < 1.29 is 9.59 Å². The normalized spacial score (nSPS) is 10.4. The van der Waals surface area contributed by atoms with Crippen LogP contribution < -0.4 is 17.0 Å². The summed E-state index contributed by atoms with van der Waals surface area (Å²) in [6.07, 6.45) is 3.18. The minimum Gasteiger partial charge on any atom is -0.369 e. The van der Waals surface area contributed by atoms with Gasteiger partial charge in [0.05, 0.1) is 6.54 Å². The molecule has 2 amide bonds. The number of hydrogen-bond acceptors (Lipinski definition) is 4. The minimum atomic E-state index is -0.302. The highest BCUT2D eigenvalue weighted by Crippen LogP contribution is 2.01. The molecule has 6 nitrogen and oxygen atoms in total. The molecule has 0 aromatic rings. The van der Waals surface area contributed by atoms with Crippen LogP contribution >= 0.6 is 0 Å². The number of nitrogens with zero attached hydrogens (tertiary/aromatic N) is 1. The molecule has 94 valence electrons. The van der Waals surface area contributed by atoms with E-state index in [0.29, 0.717) is 13.0 Å². The summed E-state index contributed by atoms with van der Waals surface area (Å²) < 4.78 is 0. The van der Waals surface area contributed by atoms with Gasteiger partial charge in [0.1, 0.15) is 0 Å². The van der Waals surface area contributed by atoms with Crippen LogP contribution in [0.4, 0.5) is 0 Å². The minimum absolute atomic E-state index is 0.135. The van der Waals surface area contributed by atoms with Gasteiger partial charge < -0.3 is 5.73 Å². The van der Waals surface area contributed by atoms with Gasteiger partial charge in [-0.2, -0.15) is 0 Å². The monoisotopic (exact) mass is 230 g/mol. The Morgan fingerprint density at radius 3 is 2.44 bits per heavy atom. The number of rotatable bonds is 9. The zero-order chi connectivity index (χ0) is 12.4. The van der Waals surface area contributed by atoms with Crippen LogP contribution in [-0.2, 0) is 9.59 Å². The van der Waals surface area contributed by atoms with E-state index < -0.39 is 0 Å². The Bertz CT molecular complexity index is 221. The molecule has 0 radical (unpaired) electrons. The first-order chi connectivity index (χ1) is 7.60. The summed E-state index contributed by atoms with van der Waals surface area (Å²) in [4.78, 5) is 23.5. The highest BCUT2D eigenvalue weighted by atomic mass is 16.2. The molecular formula is C10H22N4O2. The zero-order valence-corrected chi connectivity index (χ0v) is 9.87. The van der Waals surface area contributed by atoms with Crippen molar-refractivity contribution in [3.8, 4) is 0 Å². The smallest absolute Gasteiger partial charge is 0.233 e. The van der Waals surface area contributed by atoms with Crippen LogP contribution in [0, 0.1) is 0 Å². The quantitative estimate of drug-likeness (QED) is 0.212. The lowest BCUT2D eigenvalue weighted by Gasteiger charge is -2.17. The molecule has 0 heterocycles. The lowest BCUT2D eigenvalue weighted by Crippen LogP contribution is -2.34. The Kier molecular flexibility index (Phi) is 8.46. The van der Waals surface area contributed by atoms with Crippen LogP contribution in [-0.4, -0.2) is 36.3 Å². The van der Waals surface area contributed by atoms with E-state index in [0.717, 1.165) is 32.4 Å². The second-order valence-corrected chi connectivity index (χ2v) is 3.71. The third-order valence-corrected chi connectivity index (χ3v) is 2.37. The average Bonchev–Trinajstić information content (AvgIpc) is 2.26. The van der Waals surface area contributed by atoms with E-state index in [1.807, 2.05) is 11.8 Å². The summed E-state index contributed by atoms with van der Waals surface area (Å²) in [5.41, 5.74) is 7.20. The lowest BCUT2D eigenvalue weighted by molar-refractivity contribution is -0.121. The van der Waals surface area contributed by atoms with Crippen molar-refractivity contribution in [3.05, 3.63) is 0 Å². The van der Waals surface area contributed by atoms with Gasteiger partial charge in [0.25, 0.3) is 0 Å². The molecule has 5 N–H and O–H groups in total. The van der Waals surface area contributed by atoms with E-state index in [1.165, 1.54) is 0 Å². The van der Waals surface area contributed by atoms with Gasteiger partial charge in [-0.15, -0.1) is 0 Å². The van der Waals surface area contributed by atoms with Gasteiger partial charge in [-0.25, -0.2) is 5.84 Å². The zero-order valence-electron chi connectivity index (χ0n) is 9.87.